The molecule has 2 atom stereocenters. The van der Waals surface area contributed by atoms with Crippen molar-refractivity contribution < 1.29 is 0 Å². The van der Waals surface area contributed by atoms with Gasteiger partial charge in [-0.3, -0.25) is 0 Å². The van der Waals surface area contributed by atoms with Crippen LogP contribution in [0, 0.1) is 0 Å². The summed E-state index contributed by atoms with van der Waals surface area (Å²) in [6.45, 7) is 3.00. The topological polar surface area (TPSA) is 26.0 Å². The SMILES string of the molecule is CC(c1ccccc1)C(CCN)c1ccccc1Br. The Balaban J connectivity index is 2.33. The third kappa shape index (κ3) is 3.46. The van der Waals surface area contributed by atoms with E-state index in [1.165, 1.54) is 15.6 Å². The molecule has 0 aliphatic heterocycles. The summed E-state index contributed by atoms with van der Waals surface area (Å²) < 4.78 is 1.18. The van der Waals surface area contributed by atoms with E-state index in [1.807, 2.05) is 0 Å². The Morgan fingerprint density at radius 1 is 1.00 bits per heavy atom. The molecule has 2 aromatic rings. The van der Waals surface area contributed by atoms with Crippen LogP contribution in [0.3, 0.4) is 0 Å². The molecule has 2 N–H and O–H groups in total. The van der Waals surface area contributed by atoms with E-state index in [4.69, 9.17) is 5.73 Å². The third-order valence-electron chi connectivity index (χ3n) is 3.71. The molecule has 0 aliphatic carbocycles. The minimum atomic E-state index is 0.447. The highest BCUT2D eigenvalue weighted by Crippen LogP contribution is 2.38. The summed E-state index contributed by atoms with van der Waals surface area (Å²) in [5, 5.41) is 0. The molecule has 2 aromatic carbocycles. The van der Waals surface area contributed by atoms with E-state index in [9.17, 15) is 0 Å². The zero-order chi connectivity index (χ0) is 13.7. The Morgan fingerprint density at radius 3 is 2.26 bits per heavy atom. The van der Waals surface area contributed by atoms with Gasteiger partial charge in [0, 0.05) is 4.47 Å². The van der Waals surface area contributed by atoms with Crippen LogP contribution in [0.15, 0.2) is 59.1 Å². The van der Waals surface area contributed by atoms with E-state index in [1.54, 1.807) is 0 Å². The minimum Gasteiger partial charge on any atom is -0.330 e. The molecule has 1 nitrogen and oxygen atoms in total. The van der Waals surface area contributed by atoms with Crippen molar-refractivity contribution in [3.63, 3.8) is 0 Å². The van der Waals surface area contributed by atoms with E-state index in [0.29, 0.717) is 18.4 Å². The van der Waals surface area contributed by atoms with Gasteiger partial charge in [0.2, 0.25) is 0 Å². The van der Waals surface area contributed by atoms with Gasteiger partial charge in [-0.1, -0.05) is 71.4 Å². The predicted octanol–water partition coefficient (Wildman–Crippen LogP) is 4.69. The smallest absolute Gasteiger partial charge is 0.0210 e. The second-order valence-corrected chi connectivity index (χ2v) is 5.76. The molecule has 2 heteroatoms. The van der Waals surface area contributed by atoms with Gasteiger partial charge < -0.3 is 5.73 Å². The second-order valence-electron chi connectivity index (χ2n) is 4.90. The number of halogens is 1. The number of rotatable bonds is 5. The van der Waals surface area contributed by atoms with Gasteiger partial charge in [-0.2, -0.15) is 0 Å². The van der Waals surface area contributed by atoms with Gasteiger partial charge >= 0.3 is 0 Å². The fraction of sp³-hybridized carbons (Fsp3) is 0.294. The lowest BCUT2D eigenvalue weighted by Crippen LogP contribution is -2.14. The highest BCUT2D eigenvalue weighted by atomic mass is 79.9. The average molecular weight is 318 g/mol. The molecule has 0 spiro atoms. The first-order chi connectivity index (χ1) is 9.24. The summed E-state index contributed by atoms with van der Waals surface area (Å²) in [6, 6.07) is 19.1. The molecule has 0 bridgehead atoms. The van der Waals surface area contributed by atoms with Gasteiger partial charge in [-0.25, -0.2) is 0 Å². The summed E-state index contributed by atoms with van der Waals surface area (Å²) in [5.74, 6) is 0.909. The van der Waals surface area contributed by atoms with Gasteiger partial charge in [0.15, 0.2) is 0 Å². The van der Waals surface area contributed by atoms with Crippen molar-refractivity contribution in [1.82, 2.24) is 0 Å². The van der Waals surface area contributed by atoms with Gasteiger partial charge in [-0.15, -0.1) is 0 Å². The number of hydrogen-bond donors (Lipinski definition) is 1. The first kappa shape index (κ1) is 14.3. The molecular weight excluding hydrogens is 298 g/mol. The first-order valence-corrected chi connectivity index (χ1v) is 7.52. The van der Waals surface area contributed by atoms with Gasteiger partial charge in [0.25, 0.3) is 0 Å². The predicted molar refractivity (Wildman–Crippen MR) is 85.4 cm³/mol. The quantitative estimate of drug-likeness (QED) is 0.851. The molecule has 0 saturated carbocycles. The molecule has 0 fully saturated rings. The van der Waals surface area contributed by atoms with E-state index in [2.05, 4.69) is 77.5 Å². The molecular formula is C17H20BrN. The van der Waals surface area contributed by atoms with Crippen molar-refractivity contribution in [2.45, 2.75) is 25.2 Å². The van der Waals surface area contributed by atoms with Crippen molar-refractivity contribution in [3.8, 4) is 0 Å². The van der Waals surface area contributed by atoms with Crippen LogP contribution >= 0.6 is 15.9 Å². The van der Waals surface area contributed by atoms with Crippen LogP contribution in [-0.2, 0) is 0 Å². The molecule has 100 valence electrons. The van der Waals surface area contributed by atoms with Crippen LogP contribution in [-0.4, -0.2) is 6.54 Å². The van der Waals surface area contributed by atoms with E-state index < -0.39 is 0 Å². The van der Waals surface area contributed by atoms with Crippen molar-refractivity contribution in [2.24, 2.45) is 5.73 Å². The molecule has 2 rings (SSSR count). The van der Waals surface area contributed by atoms with Crippen molar-refractivity contribution >= 4 is 15.9 Å². The Bertz CT molecular complexity index is 510. The third-order valence-corrected chi connectivity index (χ3v) is 4.43. The van der Waals surface area contributed by atoms with E-state index >= 15 is 0 Å². The summed E-state index contributed by atoms with van der Waals surface area (Å²) in [6.07, 6.45) is 0.999. The fourth-order valence-electron chi connectivity index (χ4n) is 2.62. The molecule has 19 heavy (non-hydrogen) atoms. The van der Waals surface area contributed by atoms with Crippen LogP contribution in [0.2, 0.25) is 0 Å². The lowest BCUT2D eigenvalue weighted by molar-refractivity contribution is 0.540. The summed E-state index contributed by atoms with van der Waals surface area (Å²) in [4.78, 5) is 0. The maximum absolute atomic E-state index is 5.82. The highest BCUT2D eigenvalue weighted by Gasteiger charge is 2.21. The zero-order valence-corrected chi connectivity index (χ0v) is 12.8. The lowest BCUT2D eigenvalue weighted by atomic mass is 9.81. The van der Waals surface area contributed by atoms with Gasteiger partial charge in [0.05, 0.1) is 0 Å². The average Bonchev–Trinajstić information content (AvgIpc) is 2.46. The molecule has 0 amide bonds. The summed E-state index contributed by atoms with van der Waals surface area (Å²) in [7, 11) is 0. The van der Waals surface area contributed by atoms with Crippen molar-refractivity contribution in [2.75, 3.05) is 6.54 Å². The van der Waals surface area contributed by atoms with Crippen molar-refractivity contribution in [3.05, 3.63) is 70.2 Å². The van der Waals surface area contributed by atoms with Crippen LogP contribution in [0.5, 0.6) is 0 Å². The summed E-state index contributed by atoms with van der Waals surface area (Å²) >= 11 is 3.67. The zero-order valence-electron chi connectivity index (χ0n) is 11.2. The normalized spacial score (nSPS) is 14.1. The van der Waals surface area contributed by atoms with E-state index in [0.717, 1.165) is 6.42 Å². The summed E-state index contributed by atoms with van der Waals surface area (Å²) in [5.41, 5.74) is 8.54. The molecule has 0 radical (unpaired) electrons. The van der Waals surface area contributed by atoms with Gasteiger partial charge in [-0.05, 0) is 42.0 Å². The number of benzene rings is 2. The Labute approximate surface area is 124 Å². The lowest BCUT2D eigenvalue weighted by Gasteiger charge is -2.25. The minimum absolute atomic E-state index is 0.447. The highest BCUT2D eigenvalue weighted by molar-refractivity contribution is 9.10. The second kappa shape index (κ2) is 6.88. The molecule has 0 aliphatic rings. The maximum Gasteiger partial charge on any atom is 0.0210 e. The van der Waals surface area contributed by atoms with Crippen LogP contribution < -0.4 is 5.73 Å². The van der Waals surface area contributed by atoms with Crippen LogP contribution in [0.4, 0.5) is 0 Å². The Hall–Kier alpha value is -1.12. The standard InChI is InChI=1S/C17H20BrN/c1-13(14-7-3-2-4-8-14)15(11-12-19)16-9-5-6-10-17(16)18/h2-10,13,15H,11-12,19H2,1H3. The molecule has 0 heterocycles. The molecule has 0 aromatic heterocycles. The first-order valence-electron chi connectivity index (χ1n) is 6.73. The monoisotopic (exact) mass is 317 g/mol. The number of nitrogens with two attached hydrogens (primary N) is 1. The molecule has 2 unspecified atom stereocenters. The van der Waals surface area contributed by atoms with Crippen LogP contribution in [0.1, 0.15) is 36.3 Å². The van der Waals surface area contributed by atoms with Crippen LogP contribution in [0.25, 0.3) is 0 Å². The van der Waals surface area contributed by atoms with Gasteiger partial charge in [0.1, 0.15) is 0 Å². The maximum atomic E-state index is 5.82. The molecule has 0 saturated heterocycles. The fourth-order valence-corrected chi connectivity index (χ4v) is 3.20. The Morgan fingerprint density at radius 2 is 1.63 bits per heavy atom. The van der Waals surface area contributed by atoms with Crippen molar-refractivity contribution in [1.29, 1.82) is 0 Å². The van der Waals surface area contributed by atoms with E-state index in [-0.39, 0.29) is 0 Å². The number of hydrogen-bond acceptors (Lipinski definition) is 1. The largest absolute Gasteiger partial charge is 0.330 e. The Kier molecular flexibility index (Phi) is 5.17.